The van der Waals surface area contributed by atoms with Crippen LogP contribution >= 0.6 is 11.3 Å². The van der Waals surface area contributed by atoms with Crippen molar-refractivity contribution in [2.45, 2.75) is 33.4 Å². The van der Waals surface area contributed by atoms with Crippen LogP contribution in [0.3, 0.4) is 0 Å². The maximum Gasteiger partial charge on any atom is 0.180 e. The quantitative estimate of drug-likeness (QED) is 0.879. The van der Waals surface area contributed by atoms with Crippen molar-refractivity contribution in [3.63, 3.8) is 0 Å². The van der Waals surface area contributed by atoms with Gasteiger partial charge in [0, 0.05) is 29.9 Å². The van der Waals surface area contributed by atoms with Gasteiger partial charge >= 0.3 is 0 Å². The van der Waals surface area contributed by atoms with Gasteiger partial charge in [-0.3, -0.25) is 4.68 Å². The highest BCUT2D eigenvalue weighted by molar-refractivity contribution is 7.15. The van der Waals surface area contributed by atoms with E-state index in [9.17, 15) is 0 Å². The molecule has 0 fully saturated rings. The zero-order valence-corrected chi connectivity index (χ0v) is 12.6. The topological polar surface area (TPSA) is 60.0 Å². The van der Waals surface area contributed by atoms with E-state index in [1.54, 1.807) is 11.3 Å². The standard InChI is InChI=1S/C13H21N5S/c1-10-7-11(2)18(16-10)6-4-5-17(3)9-12-8-15-13(14)19-12/h7-8H,4-6,9H2,1-3H3,(H2,14,15). The molecule has 0 unspecified atom stereocenters. The van der Waals surface area contributed by atoms with Crippen LogP contribution in [0.2, 0.25) is 0 Å². The lowest BCUT2D eigenvalue weighted by molar-refractivity contribution is 0.313. The van der Waals surface area contributed by atoms with Crippen molar-refractivity contribution in [2.24, 2.45) is 0 Å². The van der Waals surface area contributed by atoms with Crippen molar-refractivity contribution >= 4 is 16.5 Å². The zero-order chi connectivity index (χ0) is 13.8. The number of aromatic nitrogens is 3. The third-order valence-corrected chi connectivity index (χ3v) is 3.82. The second-order valence-electron chi connectivity index (χ2n) is 4.91. The van der Waals surface area contributed by atoms with Gasteiger partial charge < -0.3 is 10.6 Å². The molecule has 2 N–H and O–H groups in total. The van der Waals surface area contributed by atoms with Gasteiger partial charge in [-0.1, -0.05) is 0 Å². The van der Waals surface area contributed by atoms with Crippen LogP contribution in [0, 0.1) is 13.8 Å². The lowest BCUT2D eigenvalue weighted by Crippen LogP contribution is -2.20. The maximum absolute atomic E-state index is 5.63. The molecular formula is C13H21N5S. The molecule has 0 bridgehead atoms. The minimum atomic E-state index is 0.644. The molecule has 0 aromatic carbocycles. The van der Waals surface area contributed by atoms with E-state index < -0.39 is 0 Å². The Morgan fingerprint density at radius 3 is 2.79 bits per heavy atom. The summed E-state index contributed by atoms with van der Waals surface area (Å²) in [5, 5.41) is 5.11. The van der Waals surface area contributed by atoms with E-state index in [-0.39, 0.29) is 0 Å². The fourth-order valence-electron chi connectivity index (χ4n) is 2.13. The molecule has 0 spiro atoms. The number of rotatable bonds is 6. The van der Waals surface area contributed by atoms with Gasteiger partial charge in [0.25, 0.3) is 0 Å². The summed E-state index contributed by atoms with van der Waals surface area (Å²) >= 11 is 1.56. The molecule has 0 atom stereocenters. The Balaban J connectivity index is 1.75. The molecule has 0 aliphatic heterocycles. The Kier molecular flexibility index (Phi) is 4.55. The fourth-order valence-corrected chi connectivity index (χ4v) is 2.90. The van der Waals surface area contributed by atoms with Crippen molar-refractivity contribution in [3.8, 4) is 0 Å². The van der Waals surface area contributed by atoms with Crippen LogP contribution in [-0.4, -0.2) is 33.3 Å². The van der Waals surface area contributed by atoms with Crippen LogP contribution in [0.1, 0.15) is 22.7 Å². The summed E-state index contributed by atoms with van der Waals surface area (Å²) in [7, 11) is 2.12. The molecule has 19 heavy (non-hydrogen) atoms. The normalized spacial score (nSPS) is 11.4. The lowest BCUT2D eigenvalue weighted by Gasteiger charge is -2.15. The molecule has 0 saturated carbocycles. The van der Waals surface area contributed by atoms with Gasteiger partial charge in [-0.25, -0.2) is 4.98 Å². The molecule has 2 aromatic heterocycles. The second kappa shape index (κ2) is 6.16. The minimum Gasteiger partial charge on any atom is -0.375 e. The van der Waals surface area contributed by atoms with Gasteiger partial charge in [0.2, 0.25) is 0 Å². The molecule has 0 amide bonds. The van der Waals surface area contributed by atoms with Crippen molar-refractivity contribution in [3.05, 3.63) is 28.5 Å². The number of aryl methyl sites for hydroxylation is 3. The van der Waals surface area contributed by atoms with Gasteiger partial charge in [-0.05, 0) is 39.9 Å². The minimum absolute atomic E-state index is 0.644. The van der Waals surface area contributed by atoms with Crippen molar-refractivity contribution in [1.29, 1.82) is 0 Å². The van der Waals surface area contributed by atoms with Crippen molar-refractivity contribution in [2.75, 3.05) is 19.3 Å². The number of hydrogen-bond donors (Lipinski definition) is 1. The number of nitrogens with zero attached hydrogens (tertiary/aromatic N) is 4. The van der Waals surface area contributed by atoms with Gasteiger partial charge in [-0.2, -0.15) is 5.10 Å². The second-order valence-corrected chi connectivity index (χ2v) is 6.05. The SMILES string of the molecule is Cc1cc(C)n(CCCN(C)Cc2cnc(N)s2)n1. The van der Waals surface area contributed by atoms with Crippen molar-refractivity contribution in [1.82, 2.24) is 19.7 Å². The van der Waals surface area contributed by atoms with Crippen molar-refractivity contribution < 1.29 is 0 Å². The highest BCUT2D eigenvalue weighted by Gasteiger charge is 2.05. The van der Waals surface area contributed by atoms with E-state index in [4.69, 9.17) is 5.73 Å². The van der Waals surface area contributed by atoms with Crippen LogP contribution in [0.15, 0.2) is 12.3 Å². The van der Waals surface area contributed by atoms with Gasteiger partial charge in [0.05, 0.1) is 5.69 Å². The van der Waals surface area contributed by atoms with Gasteiger partial charge in [-0.15, -0.1) is 11.3 Å². The van der Waals surface area contributed by atoms with E-state index in [0.717, 1.165) is 31.7 Å². The number of nitrogens with two attached hydrogens (primary N) is 1. The first-order valence-electron chi connectivity index (χ1n) is 6.44. The predicted octanol–water partition coefficient (Wildman–Crippen LogP) is 2.06. The van der Waals surface area contributed by atoms with E-state index in [1.165, 1.54) is 10.6 Å². The number of nitrogen functional groups attached to an aromatic ring is 1. The zero-order valence-electron chi connectivity index (χ0n) is 11.8. The molecule has 5 nitrogen and oxygen atoms in total. The summed E-state index contributed by atoms with van der Waals surface area (Å²) in [6, 6.07) is 2.11. The summed E-state index contributed by atoms with van der Waals surface area (Å²) < 4.78 is 2.08. The van der Waals surface area contributed by atoms with Crippen LogP contribution in [0.25, 0.3) is 0 Å². The molecule has 0 aliphatic rings. The van der Waals surface area contributed by atoms with E-state index in [0.29, 0.717) is 5.13 Å². The van der Waals surface area contributed by atoms with Gasteiger partial charge in [0.15, 0.2) is 5.13 Å². The Labute approximate surface area is 118 Å². The highest BCUT2D eigenvalue weighted by atomic mass is 32.1. The monoisotopic (exact) mass is 279 g/mol. The van der Waals surface area contributed by atoms with E-state index >= 15 is 0 Å². The average Bonchev–Trinajstić information content (AvgIpc) is 2.86. The first-order valence-corrected chi connectivity index (χ1v) is 7.26. The predicted molar refractivity (Wildman–Crippen MR) is 79.2 cm³/mol. The molecule has 0 aliphatic carbocycles. The Bertz CT molecular complexity index is 531. The largest absolute Gasteiger partial charge is 0.375 e. The summed E-state index contributed by atoms with van der Waals surface area (Å²) in [6.45, 7) is 7.05. The number of hydrogen-bond acceptors (Lipinski definition) is 5. The first kappa shape index (κ1) is 14.0. The first-order chi connectivity index (χ1) is 9.04. The number of anilines is 1. The van der Waals surface area contributed by atoms with E-state index in [1.807, 2.05) is 13.1 Å². The molecule has 2 aromatic rings. The van der Waals surface area contributed by atoms with Crippen LogP contribution in [0.4, 0.5) is 5.13 Å². The number of thiazole rings is 1. The molecule has 0 radical (unpaired) electrons. The maximum atomic E-state index is 5.63. The molecule has 6 heteroatoms. The molecule has 2 rings (SSSR count). The van der Waals surface area contributed by atoms with E-state index in [2.05, 4.69) is 39.7 Å². The van der Waals surface area contributed by atoms with Crippen LogP contribution in [-0.2, 0) is 13.1 Å². The summed E-state index contributed by atoms with van der Waals surface area (Å²) in [5.41, 5.74) is 7.95. The van der Waals surface area contributed by atoms with Crippen LogP contribution < -0.4 is 5.73 Å². The summed E-state index contributed by atoms with van der Waals surface area (Å²) in [6.07, 6.45) is 2.95. The molecular weight excluding hydrogens is 258 g/mol. The third-order valence-electron chi connectivity index (χ3n) is 3.01. The van der Waals surface area contributed by atoms with Gasteiger partial charge in [0.1, 0.15) is 0 Å². The Morgan fingerprint density at radius 1 is 1.42 bits per heavy atom. The fraction of sp³-hybridized carbons (Fsp3) is 0.538. The Morgan fingerprint density at radius 2 is 2.21 bits per heavy atom. The third kappa shape index (κ3) is 4.04. The molecule has 104 valence electrons. The smallest absolute Gasteiger partial charge is 0.180 e. The van der Waals surface area contributed by atoms with Crippen LogP contribution in [0.5, 0.6) is 0 Å². The lowest BCUT2D eigenvalue weighted by atomic mass is 10.3. The average molecular weight is 279 g/mol. The Hall–Kier alpha value is -1.40. The highest BCUT2D eigenvalue weighted by Crippen LogP contribution is 2.16. The summed E-state index contributed by atoms with van der Waals surface area (Å²) in [4.78, 5) is 7.57. The molecule has 0 saturated heterocycles. The molecule has 2 heterocycles. The summed E-state index contributed by atoms with van der Waals surface area (Å²) in [5.74, 6) is 0.